The predicted molar refractivity (Wildman–Crippen MR) is 137 cm³/mol. The number of rotatable bonds is 8. The average molecular weight is 481 g/mol. The molecule has 0 unspecified atom stereocenters. The minimum atomic E-state index is -0.0861. The zero-order valence-corrected chi connectivity index (χ0v) is 20.8. The van der Waals surface area contributed by atoms with E-state index in [9.17, 15) is 9.59 Å². The molecule has 2 fully saturated rings. The number of morpholine rings is 1. The summed E-state index contributed by atoms with van der Waals surface area (Å²) in [5, 5.41) is 12.2. The molecule has 1 aromatic heterocycles. The van der Waals surface area contributed by atoms with E-state index in [4.69, 9.17) is 9.84 Å². The minimum absolute atomic E-state index is 0.0291. The number of amides is 2. The number of urea groups is 1. The number of likely N-dealkylation sites (tertiary alicyclic amines) is 1. The normalized spacial score (nSPS) is 18.1. The number of Topliss-reactive ketones (excluding diaryl/α,β-unsaturated/α-hetero) is 1. The molecule has 0 spiro atoms. The number of aliphatic hydroxyl groups is 1. The molecule has 2 saturated heterocycles. The molecule has 0 bridgehead atoms. The van der Waals surface area contributed by atoms with E-state index in [0.717, 1.165) is 54.1 Å². The van der Waals surface area contributed by atoms with Gasteiger partial charge in [0.25, 0.3) is 0 Å². The van der Waals surface area contributed by atoms with Gasteiger partial charge in [-0.25, -0.2) is 9.78 Å². The van der Waals surface area contributed by atoms with E-state index in [2.05, 4.69) is 22.1 Å². The Kier molecular flexibility index (Phi) is 8.36. The third kappa shape index (κ3) is 6.18. The number of aliphatic hydroxyl groups excluding tert-OH is 1. The summed E-state index contributed by atoms with van der Waals surface area (Å²) in [6.45, 7) is 8.41. The number of aromatic nitrogens is 1. The van der Waals surface area contributed by atoms with Gasteiger partial charge < -0.3 is 25.0 Å². The fraction of sp³-hybridized carbons (Fsp3) is 0.519. The number of nitrogens with zero attached hydrogens (tertiary/aromatic N) is 3. The summed E-state index contributed by atoms with van der Waals surface area (Å²) in [7, 11) is 0. The Morgan fingerprint density at radius 3 is 2.69 bits per heavy atom. The summed E-state index contributed by atoms with van der Waals surface area (Å²) in [6.07, 6.45) is 2.80. The third-order valence-corrected chi connectivity index (χ3v) is 6.94. The molecule has 35 heavy (non-hydrogen) atoms. The van der Waals surface area contributed by atoms with Gasteiger partial charge in [0.2, 0.25) is 0 Å². The van der Waals surface area contributed by atoms with Gasteiger partial charge in [0.05, 0.1) is 13.2 Å². The largest absolute Gasteiger partial charge is 0.396 e. The number of nitrogens with one attached hydrogen (secondary N) is 1. The van der Waals surface area contributed by atoms with Gasteiger partial charge in [0.1, 0.15) is 11.5 Å². The van der Waals surface area contributed by atoms with Crippen LogP contribution in [0.4, 0.5) is 16.3 Å². The van der Waals surface area contributed by atoms with Crippen molar-refractivity contribution in [3.63, 3.8) is 0 Å². The van der Waals surface area contributed by atoms with Crippen LogP contribution >= 0.6 is 0 Å². The summed E-state index contributed by atoms with van der Waals surface area (Å²) in [6, 6.07) is 9.64. The molecule has 2 aromatic rings. The quantitative estimate of drug-likeness (QED) is 0.552. The number of benzene rings is 1. The molecule has 2 aliphatic heterocycles. The number of ketones is 1. The Bertz CT molecular complexity index is 1050. The maximum Gasteiger partial charge on any atom is 0.321 e. The summed E-state index contributed by atoms with van der Waals surface area (Å²) in [5.41, 5.74) is 4.00. The van der Waals surface area contributed by atoms with Crippen LogP contribution in [0.25, 0.3) is 11.1 Å². The Labute approximate surface area is 207 Å². The van der Waals surface area contributed by atoms with Crippen LogP contribution in [0, 0.1) is 12.8 Å². The third-order valence-electron chi connectivity index (χ3n) is 6.94. The van der Waals surface area contributed by atoms with Gasteiger partial charge in [-0.15, -0.1) is 0 Å². The van der Waals surface area contributed by atoms with Crippen LogP contribution in [0.3, 0.4) is 0 Å². The number of aryl methyl sites for hydroxylation is 1. The fourth-order valence-corrected chi connectivity index (χ4v) is 4.70. The number of carbonyl (C=O) groups is 2. The van der Waals surface area contributed by atoms with Crippen molar-refractivity contribution in [2.75, 3.05) is 56.2 Å². The number of hydrogen-bond acceptors (Lipinski definition) is 6. The molecule has 8 heteroatoms. The standard InChI is InChI=1S/C27H36N4O4/c1-3-20-8-9-31(18-20)27(34)28-22-7-6-19(2)23(17-22)21-15-24(25(33)5-4-12-32)29-26(16-21)30-10-13-35-14-11-30/h6-7,15-17,20,32H,3-5,8-14,18H2,1-2H3,(H,28,34)/t20-/m1/s1. The first-order valence-electron chi connectivity index (χ1n) is 12.6. The first-order valence-corrected chi connectivity index (χ1v) is 12.6. The lowest BCUT2D eigenvalue weighted by Gasteiger charge is -2.28. The van der Waals surface area contributed by atoms with Crippen LogP contribution < -0.4 is 10.2 Å². The van der Waals surface area contributed by atoms with Crippen LogP contribution in [0.2, 0.25) is 0 Å². The van der Waals surface area contributed by atoms with Crippen LogP contribution in [0.5, 0.6) is 0 Å². The van der Waals surface area contributed by atoms with E-state index in [-0.39, 0.29) is 24.8 Å². The zero-order valence-electron chi connectivity index (χ0n) is 20.8. The molecule has 188 valence electrons. The Balaban J connectivity index is 1.63. The molecule has 0 aliphatic carbocycles. The minimum Gasteiger partial charge on any atom is -0.396 e. The topological polar surface area (TPSA) is 95.0 Å². The second-order valence-corrected chi connectivity index (χ2v) is 9.42. The number of anilines is 2. The van der Waals surface area contributed by atoms with Gasteiger partial charge in [0, 0.05) is 44.9 Å². The second-order valence-electron chi connectivity index (χ2n) is 9.42. The van der Waals surface area contributed by atoms with E-state index in [0.29, 0.717) is 44.3 Å². The van der Waals surface area contributed by atoms with Crippen molar-refractivity contribution in [1.82, 2.24) is 9.88 Å². The van der Waals surface area contributed by atoms with E-state index < -0.39 is 0 Å². The molecule has 2 aliphatic rings. The monoisotopic (exact) mass is 480 g/mol. The van der Waals surface area contributed by atoms with Gasteiger partial charge >= 0.3 is 6.03 Å². The van der Waals surface area contributed by atoms with Crippen molar-refractivity contribution < 1.29 is 19.4 Å². The number of carbonyl (C=O) groups excluding carboxylic acids is 2. The molecule has 0 radical (unpaired) electrons. The summed E-state index contributed by atoms with van der Waals surface area (Å²) >= 11 is 0. The smallest absolute Gasteiger partial charge is 0.321 e. The van der Waals surface area contributed by atoms with Crippen molar-refractivity contribution in [1.29, 1.82) is 0 Å². The lowest BCUT2D eigenvalue weighted by Crippen LogP contribution is -2.37. The molecule has 1 atom stereocenters. The highest BCUT2D eigenvalue weighted by Crippen LogP contribution is 2.31. The molecule has 3 heterocycles. The van der Waals surface area contributed by atoms with Gasteiger partial charge in [0.15, 0.2) is 5.78 Å². The Morgan fingerprint density at radius 1 is 1.17 bits per heavy atom. The molecular weight excluding hydrogens is 444 g/mol. The predicted octanol–water partition coefficient (Wildman–Crippen LogP) is 4.11. The highest BCUT2D eigenvalue weighted by Gasteiger charge is 2.25. The highest BCUT2D eigenvalue weighted by atomic mass is 16.5. The fourth-order valence-electron chi connectivity index (χ4n) is 4.70. The maximum absolute atomic E-state index is 12.8. The Hall–Kier alpha value is -2.97. The molecular formula is C27H36N4O4. The number of ether oxygens (including phenoxy) is 1. The van der Waals surface area contributed by atoms with Crippen molar-refractivity contribution in [3.05, 3.63) is 41.6 Å². The van der Waals surface area contributed by atoms with Gasteiger partial charge in [-0.3, -0.25) is 4.79 Å². The van der Waals surface area contributed by atoms with E-state index in [1.165, 1.54) is 0 Å². The zero-order chi connectivity index (χ0) is 24.8. The molecule has 8 nitrogen and oxygen atoms in total. The summed E-state index contributed by atoms with van der Waals surface area (Å²) in [4.78, 5) is 34.4. The van der Waals surface area contributed by atoms with E-state index >= 15 is 0 Å². The van der Waals surface area contributed by atoms with Gasteiger partial charge in [-0.05, 0) is 66.6 Å². The molecule has 0 saturated carbocycles. The molecule has 2 N–H and O–H groups in total. The first kappa shape index (κ1) is 25.1. The Morgan fingerprint density at radius 2 is 1.97 bits per heavy atom. The van der Waals surface area contributed by atoms with Crippen molar-refractivity contribution in [2.24, 2.45) is 5.92 Å². The SMILES string of the molecule is CC[C@@H]1CCN(C(=O)Nc2ccc(C)c(-c3cc(C(=O)CCCO)nc(N4CCOCC4)c3)c2)C1. The van der Waals surface area contributed by atoms with Gasteiger partial charge in [-0.2, -0.15) is 0 Å². The molecule has 4 rings (SSSR count). The first-order chi connectivity index (χ1) is 17.0. The van der Waals surface area contributed by atoms with Crippen LogP contribution in [0.15, 0.2) is 30.3 Å². The number of pyridine rings is 1. The summed E-state index contributed by atoms with van der Waals surface area (Å²) in [5.74, 6) is 1.23. The van der Waals surface area contributed by atoms with E-state index in [1.807, 2.05) is 42.2 Å². The lowest BCUT2D eigenvalue weighted by molar-refractivity contribution is 0.0966. The van der Waals surface area contributed by atoms with Crippen molar-refractivity contribution in [2.45, 2.75) is 39.5 Å². The molecule has 1 aromatic carbocycles. The second kappa shape index (κ2) is 11.6. The summed E-state index contributed by atoms with van der Waals surface area (Å²) < 4.78 is 5.49. The van der Waals surface area contributed by atoms with Crippen LogP contribution in [-0.4, -0.2) is 72.8 Å². The highest BCUT2D eigenvalue weighted by molar-refractivity contribution is 5.96. The average Bonchev–Trinajstić information content (AvgIpc) is 3.38. The number of hydrogen-bond donors (Lipinski definition) is 2. The maximum atomic E-state index is 12.8. The van der Waals surface area contributed by atoms with Crippen molar-refractivity contribution >= 4 is 23.3 Å². The lowest BCUT2D eigenvalue weighted by atomic mass is 9.98. The van der Waals surface area contributed by atoms with Crippen molar-refractivity contribution in [3.8, 4) is 11.1 Å². The van der Waals surface area contributed by atoms with Gasteiger partial charge in [-0.1, -0.05) is 19.4 Å². The molecule has 2 amide bonds. The van der Waals surface area contributed by atoms with Crippen LogP contribution in [-0.2, 0) is 4.74 Å². The van der Waals surface area contributed by atoms with Crippen LogP contribution in [0.1, 0.15) is 48.7 Å². The van der Waals surface area contributed by atoms with E-state index in [1.54, 1.807) is 0 Å².